The fraction of sp³-hybridized carbons (Fsp3) is 0.469. The largest absolute Gasteiger partial charge is 0.511 e. The molecule has 0 unspecified atom stereocenters. The van der Waals surface area contributed by atoms with Crippen LogP contribution in [0.3, 0.4) is 0 Å². The van der Waals surface area contributed by atoms with Gasteiger partial charge in [0.25, 0.3) is 6.43 Å². The van der Waals surface area contributed by atoms with Gasteiger partial charge in [0.05, 0.1) is 29.7 Å². The number of sulfone groups is 1. The summed E-state index contributed by atoms with van der Waals surface area (Å²) in [5.74, 6) is -0.567. The molecular formula is C32H38F2N4O8S. The van der Waals surface area contributed by atoms with Gasteiger partial charge in [-0.15, -0.1) is 0 Å². The summed E-state index contributed by atoms with van der Waals surface area (Å²) in [6, 6.07) is 9.69. The zero-order chi connectivity index (χ0) is 34.2. The van der Waals surface area contributed by atoms with Crippen LogP contribution in [0.1, 0.15) is 62.3 Å². The first kappa shape index (κ1) is 35.6. The van der Waals surface area contributed by atoms with Crippen molar-refractivity contribution < 1.29 is 46.1 Å². The van der Waals surface area contributed by atoms with Crippen LogP contribution in [0.25, 0.3) is 11.3 Å². The van der Waals surface area contributed by atoms with Crippen LogP contribution < -0.4 is 5.32 Å². The number of aryl methyl sites for hydroxylation is 1. The number of aromatic nitrogens is 3. The van der Waals surface area contributed by atoms with E-state index in [1.807, 2.05) is 13.0 Å². The lowest BCUT2D eigenvalue weighted by Crippen LogP contribution is -2.37. The predicted octanol–water partition coefficient (Wildman–Crippen LogP) is 5.63. The minimum Gasteiger partial charge on any atom is -0.434 e. The Labute approximate surface area is 271 Å². The molecule has 0 aliphatic heterocycles. The number of nitrogens with one attached hydrogen (secondary N) is 1. The van der Waals surface area contributed by atoms with Crippen LogP contribution in [0.4, 0.5) is 25.2 Å². The van der Waals surface area contributed by atoms with Gasteiger partial charge < -0.3 is 24.6 Å². The number of aliphatic hydroxyl groups is 1. The normalized spacial score (nSPS) is 17.9. The lowest BCUT2D eigenvalue weighted by atomic mass is 9.73. The Morgan fingerprint density at radius 2 is 1.79 bits per heavy atom. The molecule has 1 saturated carbocycles. The predicted molar refractivity (Wildman–Crippen MR) is 167 cm³/mol. The monoisotopic (exact) mass is 676 g/mol. The van der Waals surface area contributed by atoms with Gasteiger partial charge in [0, 0.05) is 29.8 Å². The summed E-state index contributed by atoms with van der Waals surface area (Å²) in [7, 11) is -3.16. The number of hydrogen-bond donors (Lipinski definition) is 2. The maximum Gasteiger partial charge on any atom is 0.511 e. The van der Waals surface area contributed by atoms with Gasteiger partial charge in [-0.3, -0.25) is 9.78 Å². The van der Waals surface area contributed by atoms with Crippen molar-refractivity contribution in [2.45, 2.75) is 58.0 Å². The summed E-state index contributed by atoms with van der Waals surface area (Å²) in [5, 5.41) is 14.5. The van der Waals surface area contributed by atoms with Gasteiger partial charge in [0.1, 0.15) is 27.1 Å². The van der Waals surface area contributed by atoms with Gasteiger partial charge in [-0.05, 0) is 93.8 Å². The van der Waals surface area contributed by atoms with E-state index in [1.54, 1.807) is 31.3 Å². The fourth-order valence-corrected chi connectivity index (χ4v) is 6.02. The second-order valence-corrected chi connectivity index (χ2v) is 14.0. The second kappa shape index (κ2) is 15.6. The number of pyridine rings is 3. The number of anilines is 2. The SMILES string of the molecule is Cc1cc(Nc2cc(C(F)F)ccn2)nc(-c2ccc([C@](C)(O)[C@H]3CC[C@H](C(=O)OCOC(=O)OCCCS(C)(=O)=O)CC3)nc2)c1. The number of alkyl halides is 2. The van der Waals surface area contributed by atoms with Crippen molar-refractivity contribution in [1.82, 2.24) is 15.0 Å². The van der Waals surface area contributed by atoms with Crippen LogP contribution in [0.5, 0.6) is 0 Å². The standard InChI is InChI=1S/C32H38F2N4O8S/c1-20-15-25(37-28(16-20)38-27-17-22(29(33)34)11-12-35-27)23-7-10-26(36-18-23)32(2,41)24-8-5-21(6-9-24)30(39)45-19-46-31(40)44-13-4-14-47(3,42)43/h7,10-12,15-18,21,24,29,41H,4-6,8-9,13-14,19H2,1-3H3,(H,35,37,38)/t21-,24-,32-/m1/s1. The van der Waals surface area contributed by atoms with E-state index < -0.39 is 46.7 Å². The number of ether oxygens (including phenoxy) is 3. The molecule has 3 aromatic rings. The minimum absolute atomic E-state index is 0.125. The molecule has 0 aromatic carbocycles. The van der Waals surface area contributed by atoms with E-state index in [4.69, 9.17) is 14.2 Å². The van der Waals surface area contributed by atoms with Gasteiger partial charge in [-0.25, -0.2) is 32.0 Å². The van der Waals surface area contributed by atoms with E-state index in [0.717, 1.165) is 11.8 Å². The molecular weight excluding hydrogens is 638 g/mol. The Hall–Kier alpha value is -4.24. The molecule has 0 radical (unpaired) electrons. The van der Waals surface area contributed by atoms with Gasteiger partial charge in [-0.1, -0.05) is 0 Å². The van der Waals surface area contributed by atoms with Crippen molar-refractivity contribution in [2.75, 3.05) is 30.7 Å². The number of carbonyl (C=O) groups excluding carboxylic acids is 2. The first-order valence-corrected chi connectivity index (χ1v) is 17.1. The average molecular weight is 677 g/mol. The number of carbonyl (C=O) groups is 2. The fourth-order valence-electron chi connectivity index (χ4n) is 5.38. The summed E-state index contributed by atoms with van der Waals surface area (Å²) in [5.41, 5.74) is 1.21. The van der Waals surface area contributed by atoms with Crippen LogP contribution in [-0.2, 0) is 34.4 Å². The summed E-state index contributed by atoms with van der Waals surface area (Å²) in [4.78, 5) is 37.3. The molecule has 0 spiro atoms. The quantitative estimate of drug-likeness (QED) is 0.130. The maximum atomic E-state index is 13.1. The molecule has 12 nitrogen and oxygen atoms in total. The Balaban J connectivity index is 1.28. The van der Waals surface area contributed by atoms with Crippen molar-refractivity contribution >= 4 is 33.6 Å². The first-order valence-electron chi connectivity index (χ1n) is 15.0. The summed E-state index contributed by atoms with van der Waals surface area (Å²) in [6.07, 6.45) is 2.46. The Kier molecular flexibility index (Phi) is 11.8. The molecule has 1 fully saturated rings. The molecule has 47 heavy (non-hydrogen) atoms. The second-order valence-electron chi connectivity index (χ2n) is 11.8. The first-order chi connectivity index (χ1) is 22.2. The molecule has 0 saturated heterocycles. The third kappa shape index (κ3) is 10.4. The van der Waals surface area contributed by atoms with Crippen molar-refractivity contribution in [3.05, 3.63) is 65.6 Å². The molecule has 15 heteroatoms. The van der Waals surface area contributed by atoms with Gasteiger partial charge in [0.2, 0.25) is 6.79 Å². The third-order valence-electron chi connectivity index (χ3n) is 7.95. The third-order valence-corrected chi connectivity index (χ3v) is 8.98. The van der Waals surface area contributed by atoms with Crippen molar-refractivity contribution in [2.24, 2.45) is 11.8 Å². The van der Waals surface area contributed by atoms with Crippen LogP contribution >= 0.6 is 0 Å². The number of nitrogens with zero attached hydrogens (tertiary/aromatic N) is 3. The molecule has 1 aliphatic rings. The van der Waals surface area contributed by atoms with Crippen molar-refractivity contribution in [1.29, 1.82) is 0 Å². The zero-order valence-corrected chi connectivity index (χ0v) is 27.1. The van der Waals surface area contributed by atoms with E-state index in [0.29, 0.717) is 48.5 Å². The number of rotatable bonds is 13. The van der Waals surface area contributed by atoms with Crippen LogP contribution in [-0.4, -0.2) is 66.0 Å². The zero-order valence-electron chi connectivity index (χ0n) is 26.3. The highest BCUT2D eigenvalue weighted by molar-refractivity contribution is 7.90. The van der Waals surface area contributed by atoms with Crippen molar-refractivity contribution in [3.8, 4) is 11.3 Å². The Morgan fingerprint density at radius 3 is 2.45 bits per heavy atom. The molecule has 2 N–H and O–H groups in total. The highest BCUT2D eigenvalue weighted by Crippen LogP contribution is 2.41. The van der Waals surface area contributed by atoms with E-state index in [-0.39, 0.29) is 36.1 Å². The van der Waals surface area contributed by atoms with Crippen LogP contribution in [0.2, 0.25) is 0 Å². The minimum atomic E-state index is -3.16. The Bertz CT molecular complexity index is 1650. The van der Waals surface area contributed by atoms with Gasteiger partial charge in [0.15, 0.2) is 0 Å². The van der Waals surface area contributed by atoms with E-state index in [9.17, 15) is 31.9 Å². The summed E-state index contributed by atoms with van der Waals surface area (Å²) >= 11 is 0. The highest BCUT2D eigenvalue weighted by Gasteiger charge is 2.39. The van der Waals surface area contributed by atoms with E-state index in [2.05, 4.69) is 20.3 Å². The smallest absolute Gasteiger partial charge is 0.434 e. The lowest BCUT2D eigenvalue weighted by Gasteiger charge is -2.37. The van der Waals surface area contributed by atoms with E-state index in [1.165, 1.54) is 18.3 Å². The topological polar surface area (TPSA) is 167 Å². The number of esters is 1. The van der Waals surface area contributed by atoms with Crippen molar-refractivity contribution in [3.63, 3.8) is 0 Å². The molecule has 254 valence electrons. The van der Waals surface area contributed by atoms with Crippen LogP contribution in [0, 0.1) is 18.8 Å². The molecule has 4 rings (SSSR count). The lowest BCUT2D eigenvalue weighted by molar-refractivity contribution is -0.160. The summed E-state index contributed by atoms with van der Waals surface area (Å²) in [6.45, 7) is 2.82. The maximum absolute atomic E-state index is 13.1. The molecule has 0 amide bonds. The van der Waals surface area contributed by atoms with Gasteiger partial charge in [-0.2, -0.15) is 0 Å². The molecule has 0 bridgehead atoms. The Morgan fingerprint density at radius 1 is 1.04 bits per heavy atom. The number of hydrogen-bond acceptors (Lipinski definition) is 12. The summed E-state index contributed by atoms with van der Waals surface area (Å²) < 4.78 is 62.9. The molecule has 1 atom stereocenters. The highest BCUT2D eigenvalue weighted by atomic mass is 32.2. The van der Waals surface area contributed by atoms with Gasteiger partial charge >= 0.3 is 12.1 Å². The molecule has 3 aromatic heterocycles. The molecule has 3 heterocycles. The van der Waals surface area contributed by atoms with Crippen LogP contribution in [0.15, 0.2) is 48.8 Å². The average Bonchev–Trinajstić information content (AvgIpc) is 3.02. The number of halogens is 2. The molecule has 1 aliphatic carbocycles. The van der Waals surface area contributed by atoms with E-state index >= 15 is 0 Å².